The van der Waals surface area contributed by atoms with Crippen LogP contribution < -0.4 is 15.2 Å². The third-order valence-electron chi connectivity index (χ3n) is 5.86. The maximum absolute atomic E-state index is 5.98. The molecule has 3 atom stereocenters. The number of rotatable bonds is 4. The van der Waals surface area contributed by atoms with E-state index < -0.39 is 0 Å². The minimum atomic E-state index is -0.0961. The number of pyridine rings is 1. The van der Waals surface area contributed by atoms with E-state index in [9.17, 15) is 0 Å². The number of hydrogen-bond donors (Lipinski definition) is 1. The molecule has 1 aromatic carbocycles. The summed E-state index contributed by atoms with van der Waals surface area (Å²) in [6, 6.07) is 12.5. The normalized spacial score (nSPS) is 30.1. The molecule has 1 saturated heterocycles. The minimum Gasteiger partial charge on any atom is -0.484 e. The van der Waals surface area contributed by atoms with Crippen molar-refractivity contribution in [1.82, 2.24) is 9.88 Å². The van der Waals surface area contributed by atoms with E-state index in [1.165, 1.54) is 18.7 Å². The monoisotopic (exact) mass is 337 g/mol. The van der Waals surface area contributed by atoms with E-state index in [-0.39, 0.29) is 6.10 Å². The molecule has 1 aromatic heterocycles. The minimum absolute atomic E-state index is 0.0961. The van der Waals surface area contributed by atoms with Crippen molar-refractivity contribution in [1.29, 1.82) is 0 Å². The highest BCUT2D eigenvalue weighted by Crippen LogP contribution is 2.51. The molecular weight excluding hydrogens is 314 g/mol. The van der Waals surface area contributed by atoms with Crippen LogP contribution in [-0.2, 0) is 6.54 Å². The van der Waals surface area contributed by atoms with Gasteiger partial charge in [-0.05, 0) is 47.6 Å². The predicted molar refractivity (Wildman–Crippen MR) is 94.3 cm³/mol. The molecule has 2 aromatic rings. The average Bonchev–Trinajstić information content (AvgIpc) is 3.15. The Morgan fingerprint density at radius 2 is 1.92 bits per heavy atom. The first-order valence-corrected chi connectivity index (χ1v) is 9.07. The second kappa shape index (κ2) is 6.00. The molecule has 3 heterocycles. The number of ether oxygens (including phenoxy) is 2. The second-order valence-corrected chi connectivity index (χ2v) is 7.39. The molecule has 0 amide bonds. The fraction of sp³-hybridized carbons (Fsp3) is 0.450. The number of nitrogens with zero attached hydrogens (tertiary/aromatic N) is 2. The summed E-state index contributed by atoms with van der Waals surface area (Å²) >= 11 is 0. The smallest absolute Gasteiger partial charge is 0.257 e. The van der Waals surface area contributed by atoms with Gasteiger partial charge >= 0.3 is 0 Å². The number of likely N-dealkylation sites (tertiary alicyclic amines) is 1. The maximum Gasteiger partial charge on any atom is 0.257 e. The zero-order valence-electron chi connectivity index (χ0n) is 14.2. The summed E-state index contributed by atoms with van der Waals surface area (Å²) < 4.78 is 11.7. The lowest BCUT2D eigenvalue weighted by atomic mass is 10.1. The third-order valence-corrected chi connectivity index (χ3v) is 5.86. The molecule has 1 aliphatic carbocycles. The molecule has 2 N–H and O–H groups in total. The number of hydrogen-bond acceptors (Lipinski definition) is 5. The van der Waals surface area contributed by atoms with Crippen LogP contribution in [0.2, 0.25) is 0 Å². The van der Waals surface area contributed by atoms with Crippen molar-refractivity contribution in [2.24, 2.45) is 23.5 Å². The Kier molecular flexibility index (Phi) is 3.64. The van der Waals surface area contributed by atoms with Gasteiger partial charge < -0.3 is 15.2 Å². The lowest BCUT2D eigenvalue weighted by Gasteiger charge is -2.26. The van der Waals surface area contributed by atoms with E-state index >= 15 is 0 Å². The van der Waals surface area contributed by atoms with Crippen LogP contribution in [0.5, 0.6) is 11.6 Å². The fourth-order valence-electron chi connectivity index (χ4n) is 4.38. The molecule has 3 unspecified atom stereocenters. The van der Waals surface area contributed by atoms with Gasteiger partial charge in [0.15, 0.2) is 11.9 Å². The van der Waals surface area contributed by atoms with Gasteiger partial charge in [-0.2, -0.15) is 0 Å². The SMILES string of the molecule is NCC1C2CN(Cc3ccc(C4COc5cccnc5O4)cc3)CC12. The first kappa shape index (κ1) is 15.2. The van der Waals surface area contributed by atoms with Crippen LogP contribution in [0, 0.1) is 17.8 Å². The molecule has 2 fully saturated rings. The Morgan fingerprint density at radius 1 is 1.12 bits per heavy atom. The zero-order valence-corrected chi connectivity index (χ0v) is 14.2. The van der Waals surface area contributed by atoms with Gasteiger partial charge in [-0.15, -0.1) is 0 Å². The van der Waals surface area contributed by atoms with Crippen LogP contribution in [0.1, 0.15) is 17.2 Å². The van der Waals surface area contributed by atoms with Gasteiger partial charge in [-0.3, -0.25) is 4.90 Å². The van der Waals surface area contributed by atoms with E-state index in [0.29, 0.717) is 12.5 Å². The standard InChI is InChI=1S/C20H23N3O2/c21-8-15-16-10-23(11-17(15)16)9-13-3-5-14(6-4-13)19-12-24-18-2-1-7-22-20(18)25-19/h1-7,15-17,19H,8-12,21H2. The largest absolute Gasteiger partial charge is 0.484 e. The van der Waals surface area contributed by atoms with Gasteiger partial charge in [0.1, 0.15) is 6.61 Å². The van der Waals surface area contributed by atoms with E-state index in [1.54, 1.807) is 6.20 Å². The molecule has 130 valence electrons. The first-order chi connectivity index (χ1) is 12.3. The Balaban J connectivity index is 1.21. The lowest BCUT2D eigenvalue weighted by Crippen LogP contribution is -2.26. The molecule has 0 spiro atoms. The van der Waals surface area contributed by atoms with Crippen molar-refractivity contribution in [3.05, 3.63) is 53.7 Å². The molecule has 3 aliphatic rings. The quantitative estimate of drug-likeness (QED) is 0.927. The molecule has 5 nitrogen and oxygen atoms in total. The molecule has 5 rings (SSSR count). The average molecular weight is 337 g/mol. The predicted octanol–water partition coefficient (Wildman–Crippen LogP) is 2.23. The highest BCUT2D eigenvalue weighted by atomic mass is 16.6. The van der Waals surface area contributed by atoms with Crippen molar-refractivity contribution in [3.8, 4) is 11.6 Å². The van der Waals surface area contributed by atoms with Gasteiger partial charge in [-0.1, -0.05) is 24.3 Å². The number of piperidine rings is 1. The van der Waals surface area contributed by atoms with E-state index in [2.05, 4.69) is 34.1 Å². The van der Waals surface area contributed by atoms with Crippen LogP contribution in [0.15, 0.2) is 42.6 Å². The van der Waals surface area contributed by atoms with E-state index in [4.69, 9.17) is 15.2 Å². The molecule has 2 aliphatic heterocycles. The molecule has 5 heteroatoms. The molecular formula is C20H23N3O2. The highest BCUT2D eigenvalue weighted by molar-refractivity contribution is 5.36. The summed E-state index contributed by atoms with van der Waals surface area (Å²) in [6.07, 6.45) is 1.63. The lowest BCUT2D eigenvalue weighted by molar-refractivity contribution is 0.0851. The third kappa shape index (κ3) is 2.77. The molecule has 0 bridgehead atoms. The van der Waals surface area contributed by atoms with Crippen LogP contribution >= 0.6 is 0 Å². The number of benzene rings is 1. The molecule has 1 saturated carbocycles. The second-order valence-electron chi connectivity index (χ2n) is 7.39. The van der Waals surface area contributed by atoms with E-state index in [1.807, 2.05) is 12.1 Å². The van der Waals surface area contributed by atoms with Gasteiger partial charge in [0.05, 0.1) is 0 Å². The van der Waals surface area contributed by atoms with Crippen LogP contribution in [0.4, 0.5) is 0 Å². The Labute approximate surface area is 147 Å². The van der Waals surface area contributed by atoms with Crippen molar-refractivity contribution in [2.75, 3.05) is 26.2 Å². The Hall–Kier alpha value is -2.11. The fourth-order valence-corrected chi connectivity index (χ4v) is 4.38. The molecule has 25 heavy (non-hydrogen) atoms. The summed E-state index contributed by atoms with van der Waals surface area (Å²) in [5, 5.41) is 0. The van der Waals surface area contributed by atoms with Gasteiger partial charge in [0.25, 0.3) is 5.88 Å². The van der Waals surface area contributed by atoms with Crippen LogP contribution in [0.25, 0.3) is 0 Å². The van der Waals surface area contributed by atoms with Crippen LogP contribution in [0.3, 0.4) is 0 Å². The Morgan fingerprint density at radius 3 is 2.68 bits per heavy atom. The maximum atomic E-state index is 5.98. The summed E-state index contributed by atoms with van der Waals surface area (Å²) in [7, 11) is 0. The van der Waals surface area contributed by atoms with Crippen LogP contribution in [-0.4, -0.2) is 36.1 Å². The topological polar surface area (TPSA) is 60.6 Å². The first-order valence-electron chi connectivity index (χ1n) is 9.07. The van der Waals surface area contributed by atoms with Crippen molar-refractivity contribution in [2.45, 2.75) is 12.6 Å². The number of fused-ring (bicyclic) bond motifs is 2. The van der Waals surface area contributed by atoms with E-state index in [0.717, 1.165) is 42.2 Å². The Bertz CT molecular complexity index is 752. The van der Waals surface area contributed by atoms with Gasteiger partial charge in [-0.25, -0.2) is 4.98 Å². The molecule has 0 radical (unpaired) electrons. The number of aromatic nitrogens is 1. The summed E-state index contributed by atoms with van der Waals surface area (Å²) in [5.41, 5.74) is 8.28. The van der Waals surface area contributed by atoms with Crippen molar-refractivity contribution < 1.29 is 9.47 Å². The summed E-state index contributed by atoms with van der Waals surface area (Å²) in [5.74, 6) is 3.79. The zero-order chi connectivity index (χ0) is 16.8. The van der Waals surface area contributed by atoms with Gasteiger partial charge in [0.2, 0.25) is 0 Å². The number of nitrogens with two attached hydrogens (primary N) is 1. The van der Waals surface area contributed by atoms with Gasteiger partial charge in [0, 0.05) is 25.8 Å². The van der Waals surface area contributed by atoms with Crippen molar-refractivity contribution in [3.63, 3.8) is 0 Å². The summed E-state index contributed by atoms with van der Waals surface area (Å²) in [4.78, 5) is 6.79. The highest BCUT2D eigenvalue weighted by Gasteiger charge is 2.54. The summed E-state index contributed by atoms with van der Waals surface area (Å²) in [6.45, 7) is 4.82. The van der Waals surface area contributed by atoms with Crippen molar-refractivity contribution >= 4 is 0 Å².